The fourth-order valence-corrected chi connectivity index (χ4v) is 2.12. The zero-order valence-corrected chi connectivity index (χ0v) is 12.8. The Hall–Kier alpha value is -2.11. The first-order chi connectivity index (χ1) is 10.0. The van der Waals surface area contributed by atoms with Gasteiger partial charge in [0, 0.05) is 18.7 Å². The number of anilines is 1. The maximum absolute atomic E-state index is 12.3. The summed E-state index contributed by atoms with van der Waals surface area (Å²) >= 11 is 0. The van der Waals surface area contributed by atoms with Gasteiger partial charge >= 0.3 is 0 Å². The minimum atomic E-state index is -0.468. The van der Waals surface area contributed by atoms with Crippen LogP contribution in [0.3, 0.4) is 0 Å². The number of nitro benzene ring substituents is 1. The summed E-state index contributed by atoms with van der Waals surface area (Å²) < 4.78 is 0. The average molecular weight is 293 g/mol. The summed E-state index contributed by atoms with van der Waals surface area (Å²) in [5.41, 5.74) is 0.547. The van der Waals surface area contributed by atoms with E-state index in [1.165, 1.54) is 12.1 Å². The number of carbonyl (C=O) groups excluding carboxylic acids is 1. The smallest absolute Gasteiger partial charge is 0.293 e. The van der Waals surface area contributed by atoms with E-state index in [4.69, 9.17) is 0 Å². The Morgan fingerprint density at radius 3 is 2.62 bits per heavy atom. The maximum Gasteiger partial charge on any atom is 0.293 e. The van der Waals surface area contributed by atoms with Gasteiger partial charge < -0.3 is 10.6 Å². The molecule has 0 aliphatic rings. The third kappa shape index (κ3) is 4.73. The Morgan fingerprint density at radius 2 is 2.05 bits per heavy atom. The highest BCUT2D eigenvalue weighted by Gasteiger charge is 2.21. The van der Waals surface area contributed by atoms with Gasteiger partial charge in [0.2, 0.25) is 0 Å². The molecular weight excluding hydrogens is 270 g/mol. The van der Waals surface area contributed by atoms with Gasteiger partial charge in [-0.3, -0.25) is 14.9 Å². The highest BCUT2D eigenvalue weighted by Crippen LogP contribution is 2.28. The number of rotatable bonds is 8. The molecule has 0 bridgehead atoms. The monoisotopic (exact) mass is 293 g/mol. The molecule has 116 valence electrons. The summed E-state index contributed by atoms with van der Waals surface area (Å²) in [6, 6.07) is 4.60. The van der Waals surface area contributed by atoms with Crippen LogP contribution in [0.4, 0.5) is 11.4 Å². The van der Waals surface area contributed by atoms with Crippen LogP contribution in [0.15, 0.2) is 18.2 Å². The fourth-order valence-electron chi connectivity index (χ4n) is 2.12. The Labute approximate surface area is 125 Å². The van der Waals surface area contributed by atoms with Crippen LogP contribution in [0.1, 0.15) is 50.4 Å². The van der Waals surface area contributed by atoms with Crippen LogP contribution >= 0.6 is 0 Å². The van der Waals surface area contributed by atoms with E-state index < -0.39 is 4.92 Å². The van der Waals surface area contributed by atoms with Crippen molar-refractivity contribution in [3.63, 3.8) is 0 Å². The molecule has 2 N–H and O–H groups in total. The predicted molar refractivity (Wildman–Crippen MR) is 83.7 cm³/mol. The average Bonchev–Trinajstić information content (AvgIpc) is 2.44. The van der Waals surface area contributed by atoms with Crippen LogP contribution < -0.4 is 10.6 Å². The highest BCUT2D eigenvalue weighted by molar-refractivity contribution is 6.01. The maximum atomic E-state index is 12.3. The molecular formula is C15H23N3O3. The fraction of sp³-hybridized carbons (Fsp3) is 0.533. The SMILES string of the molecule is CCCNc1c(C(=O)NC(C)CCC)cccc1[N+](=O)[O-]. The zero-order valence-electron chi connectivity index (χ0n) is 12.8. The Morgan fingerprint density at radius 1 is 1.33 bits per heavy atom. The summed E-state index contributed by atoms with van der Waals surface area (Å²) in [6.45, 7) is 6.52. The zero-order chi connectivity index (χ0) is 15.8. The topological polar surface area (TPSA) is 84.3 Å². The molecule has 0 saturated carbocycles. The first kappa shape index (κ1) is 16.9. The van der Waals surface area contributed by atoms with Crippen LogP contribution in [0.2, 0.25) is 0 Å². The number of hydrogen-bond acceptors (Lipinski definition) is 4. The number of nitrogens with zero attached hydrogens (tertiary/aromatic N) is 1. The molecule has 0 aromatic heterocycles. The first-order valence-corrected chi connectivity index (χ1v) is 7.33. The van der Waals surface area contributed by atoms with E-state index in [2.05, 4.69) is 10.6 Å². The van der Waals surface area contributed by atoms with Gasteiger partial charge in [-0.2, -0.15) is 0 Å². The molecule has 1 amide bonds. The van der Waals surface area contributed by atoms with Gasteiger partial charge in [-0.1, -0.05) is 26.3 Å². The van der Waals surface area contributed by atoms with E-state index in [1.807, 2.05) is 20.8 Å². The van der Waals surface area contributed by atoms with E-state index >= 15 is 0 Å². The standard InChI is InChI=1S/C15H23N3O3/c1-4-7-11(3)17-15(19)12-8-6-9-13(18(20)21)14(12)16-10-5-2/h6,8-9,11,16H,4-5,7,10H2,1-3H3,(H,17,19). The lowest BCUT2D eigenvalue weighted by atomic mass is 10.1. The van der Waals surface area contributed by atoms with E-state index in [0.29, 0.717) is 17.8 Å². The molecule has 0 saturated heterocycles. The lowest BCUT2D eigenvalue weighted by molar-refractivity contribution is -0.384. The van der Waals surface area contributed by atoms with E-state index in [-0.39, 0.29) is 17.6 Å². The van der Waals surface area contributed by atoms with Gasteiger partial charge in [0.1, 0.15) is 5.69 Å². The minimum absolute atomic E-state index is 0.0424. The second-order valence-electron chi connectivity index (χ2n) is 5.05. The van der Waals surface area contributed by atoms with Crippen molar-refractivity contribution in [3.8, 4) is 0 Å². The van der Waals surface area contributed by atoms with Crippen molar-refractivity contribution < 1.29 is 9.72 Å². The Balaban J connectivity index is 3.06. The van der Waals surface area contributed by atoms with Crippen LogP contribution in [0, 0.1) is 10.1 Å². The molecule has 21 heavy (non-hydrogen) atoms. The summed E-state index contributed by atoms with van der Waals surface area (Å²) in [6.07, 6.45) is 2.66. The quantitative estimate of drug-likeness (QED) is 0.568. The molecule has 0 fully saturated rings. The number of para-hydroxylation sites is 1. The molecule has 6 heteroatoms. The third-order valence-corrected chi connectivity index (χ3v) is 3.13. The van der Waals surface area contributed by atoms with Crippen molar-refractivity contribution in [1.82, 2.24) is 5.32 Å². The molecule has 1 rings (SSSR count). The van der Waals surface area contributed by atoms with Crippen molar-refractivity contribution in [3.05, 3.63) is 33.9 Å². The molecule has 1 aromatic rings. The molecule has 6 nitrogen and oxygen atoms in total. The second kappa shape index (κ2) is 8.24. The largest absolute Gasteiger partial charge is 0.379 e. The van der Waals surface area contributed by atoms with Crippen LogP contribution in [0.5, 0.6) is 0 Å². The van der Waals surface area contributed by atoms with Gasteiger partial charge in [0.05, 0.1) is 10.5 Å². The summed E-state index contributed by atoms with van der Waals surface area (Å²) in [7, 11) is 0. The van der Waals surface area contributed by atoms with Crippen molar-refractivity contribution >= 4 is 17.3 Å². The number of carbonyl (C=O) groups is 1. The molecule has 1 atom stereocenters. The first-order valence-electron chi connectivity index (χ1n) is 7.33. The summed E-state index contributed by atoms with van der Waals surface area (Å²) in [4.78, 5) is 23.0. The molecule has 1 aromatic carbocycles. The second-order valence-corrected chi connectivity index (χ2v) is 5.05. The van der Waals surface area contributed by atoms with Gasteiger partial charge in [-0.05, 0) is 25.8 Å². The Kier molecular flexibility index (Phi) is 6.65. The molecule has 1 unspecified atom stereocenters. The summed E-state index contributed by atoms with van der Waals surface area (Å²) in [5.74, 6) is -0.279. The van der Waals surface area contributed by atoms with Crippen molar-refractivity contribution in [2.45, 2.75) is 46.1 Å². The molecule has 0 aliphatic heterocycles. The number of hydrogen-bond donors (Lipinski definition) is 2. The number of benzene rings is 1. The van der Waals surface area contributed by atoms with Gasteiger partial charge in [-0.15, -0.1) is 0 Å². The van der Waals surface area contributed by atoms with Crippen molar-refractivity contribution in [2.24, 2.45) is 0 Å². The molecule has 0 aliphatic carbocycles. The van der Waals surface area contributed by atoms with Crippen molar-refractivity contribution in [2.75, 3.05) is 11.9 Å². The van der Waals surface area contributed by atoms with Crippen LogP contribution in [0.25, 0.3) is 0 Å². The summed E-state index contributed by atoms with van der Waals surface area (Å²) in [5, 5.41) is 17.0. The third-order valence-electron chi connectivity index (χ3n) is 3.13. The Bertz CT molecular complexity index is 503. The number of nitrogens with one attached hydrogen (secondary N) is 2. The van der Waals surface area contributed by atoms with Gasteiger partial charge in [-0.25, -0.2) is 0 Å². The molecule has 0 spiro atoms. The molecule has 0 radical (unpaired) electrons. The van der Waals surface area contributed by atoms with Crippen LogP contribution in [-0.2, 0) is 0 Å². The predicted octanol–water partition coefficient (Wildman–Crippen LogP) is 3.34. The van der Waals surface area contributed by atoms with Crippen LogP contribution in [-0.4, -0.2) is 23.4 Å². The van der Waals surface area contributed by atoms with Crippen molar-refractivity contribution in [1.29, 1.82) is 0 Å². The highest BCUT2D eigenvalue weighted by atomic mass is 16.6. The van der Waals surface area contributed by atoms with E-state index in [0.717, 1.165) is 19.3 Å². The van der Waals surface area contributed by atoms with E-state index in [9.17, 15) is 14.9 Å². The molecule has 0 heterocycles. The van der Waals surface area contributed by atoms with E-state index in [1.54, 1.807) is 6.07 Å². The minimum Gasteiger partial charge on any atom is -0.379 e. The number of amides is 1. The number of nitro groups is 1. The lowest BCUT2D eigenvalue weighted by Gasteiger charge is -2.15. The normalized spacial score (nSPS) is 11.8. The lowest BCUT2D eigenvalue weighted by Crippen LogP contribution is -2.33. The van der Waals surface area contributed by atoms with Gasteiger partial charge in [0.15, 0.2) is 0 Å². The van der Waals surface area contributed by atoms with Gasteiger partial charge in [0.25, 0.3) is 11.6 Å².